The predicted molar refractivity (Wildman–Crippen MR) is 132 cm³/mol. The Morgan fingerprint density at radius 3 is 2.82 bits per heavy atom. The Bertz CT molecular complexity index is 1040. The van der Waals surface area contributed by atoms with Crippen LogP contribution in [-0.2, 0) is 17.8 Å². The second-order valence-corrected chi connectivity index (χ2v) is 8.80. The zero-order valence-corrected chi connectivity index (χ0v) is 19.6. The number of aromatic nitrogens is 2. The molecule has 1 aliphatic rings. The number of amides is 1. The third-order valence-corrected chi connectivity index (χ3v) is 6.30. The number of hydrogen-bond donors (Lipinski definition) is 2. The summed E-state index contributed by atoms with van der Waals surface area (Å²) >= 11 is 0. The summed E-state index contributed by atoms with van der Waals surface area (Å²) in [5.74, 6) is 1.95. The van der Waals surface area contributed by atoms with Gasteiger partial charge in [-0.25, -0.2) is 4.98 Å². The number of hydrogen-bond acceptors (Lipinski definition) is 4. The average Bonchev–Trinajstić information content (AvgIpc) is 3.30. The molecule has 33 heavy (non-hydrogen) atoms. The monoisotopic (exact) mass is 446 g/mol. The molecule has 2 N–H and O–H groups in total. The quantitative estimate of drug-likeness (QED) is 0.469. The molecule has 1 atom stereocenters. The SMILES string of the molecule is CCCCc1ncc(CN2CCCC(C(=O)Nc3ccccc3-c3ccc(OC)cc3)C2)[nH]1. The molecule has 1 unspecified atom stereocenters. The van der Waals surface area contributed by atoms with E-state index >= 15 is 0 Å². The molecule has 2 heterocycles. The van der Waals surface area contributed by atoms with Gasteiger partial charge >= 0.3 is 0 Å². The summed E-state index contributed by atoms with van der Waals surface area (Å²) in [6.45, 7) is 4.78. The maximum absolute atomic E-state index is 13.2. The molecule has 0 aliphatic carbocycles. The Morgan fingerprint density at radius 2 is 2.03 bits per heavy atom. The van der Waals surface area contributed by atoms with Crippen LogP contribution >= 0.6 is 0 Å². The van der Waals surface area contributed by atoms with Crippen LogP contribution < -0.4 is 10.1 Å². The molecule has 6 nitrogen and oxygen atoms in total. The van der Waals surface area contributed by atoms with Gasteiger partial charge in [0.05, 0.1) is 13.0 Å². The van der Waals surface area contributed by atoms with E-state index in [9.17, 15) is 4.79 Å². The van der Waals surface area contributed by atoms with Crippen molar-refractivity contribution in [1.29, 1.82) is 0 Å². The summed E-state index contributed by atoms with van der Waals surface area (Å²) in [6, 6.07) is 15.9. The highest BCUT2D eigenvalue weighted by atomic mass is 16.5. The third kappa shape index (κ3) is 6.02. The molecule has 1 aromatic heterocycles. The van der Waals surface area contributed by atoms with Crippen molar-refractivity contribution in [2.75, 3.05) is 25.5 Å². The molecule has 2 aromatic carbocycles. The van der Waals surface area contributed by atoms with E-state index in [1.807, 2.05) is 54.7 Å². The molecule has 4 rings (SSSR count). The van der Waals surface area contributed by atoms with Crippen molar-refractivity contribution in [2.45, 2.75) is 45.6 Å². The van der Waals surface area contributed by atoms with Crippen molar-refractivity contribution in [3.63, 3.8) is 0 Å². The Hall–Kier alpha value is -3.12. The number of aromatic amines is 1. The van der Waals surface area contributed by atoms with Gasteiger partial charge in [-0.15, -0.1) is 0 Å². The highest BCUT2D eigenvalue weighted by molar-refractivity contribution is 5.97. The standard InChI is InChI=1S/C27H34N4O2/c1-3-4-11-26-28-17-22(29-26)19-31-16-7-8-21(18-31)27(32)30-25-10-6-5-9-24(25)20-12-14-23(33-2)15-13-20/h5-6,9-10,12-15,17,21H,3-4,7-8,11,16,18-19H2,1-2H3,(H,28,29)(H,30,32). The summed E-state index contributed by atoms with van der Waals surface area (Å²) in [4.78, 5) is 23.5. The zero-order chi connectivity index (χ0) is 23.0. The summed E-state index contributed by atoms with van der Waals surface area (Å²) in [5.41, 5.74) is 4.04. The summed E-state index contributed by atoms with van der Waals surface area (Å²) in [6.07, 6.45) is 7.19. The second kappa shape index (κ2) is 11.1. The van der Waals surface area contributed by atoms with Crippen LogP contribution in [0.15, 0.2) is 54.7 Å². The largest absolute Gasteiger partial charge is 0.497 e. The number of methoxy groups -OCH3 is 1. The smallest absolute Gasteiger partial charge is 0.228 e. The number of aryl methyl sites for hydroxylation is 1. The van der Waals surface area contributed by atoms with E-state index < -0.39 is 0 Å². The number of unbranched alkanes of at least 4 members (excludes halogenated alkanes) is 1. The van der Waals surface area contributed by atoms with Crippen LogP contribution in [-0.4, -0.2) is 41.0 Å². The Balaban J connectivity index is 1.39. The molecule has 3 aromatic rings. The van der Waals surface area contributed by atoms with Gasteiger partial charge in [0.15, 0.2) is 0 Å². The number of ether oxygens (including phenoxy) is 1. The van der Waals surface area contributed by atoms with Crippen LogP contribution in [0, 0.1) is 5.92 Å². The second-order valence-electron chi connectivity index (χ2n) is 8.80. The number of imidazole rings is 1. The normalized spacial score (nSPS) is 16.5. The van der Waals surface area contributed by atoms with Crippen LogP contribution in [0.25, 0.3) is 11.1 Å². The molecule has 6 heteroatoms. The van der Waals surface area contributed by atoms with E-state index in [1.54, 1.807) is 7.11 Å². The number of benzene rings is 2. The minimum Gasteiger partial charge on any atom is -0.497 e. The first kappa shape index (κ1) is 23.1. The maximum atomic E-state index is 13.2. The van der Waals surface area contributed by atoms with Gasteiger partial charge in [-0.05, 0) is 49.6 Å². The third-order valence-electron chi connectivity index (χ3n) is 6.30. The molecule has 1 fully saturated rings. The molecular formula is C27H34N4O2. The average molecular weight is 447 g/mol. The van der Waals surface area contributed by atoms with Gasteiger partial charge in [0, 0.05) is 42.7 Å². The molecular weight excluding hydrogens is 412 g/mol. The number of H-pyrrole nitrogens is 1. The number of nitrogens with zero attached hydrogens (tertiary/aromatic N) is 2. The molecule has 1 aliphatic heterocycles. The van der Waals surface area contributed by atoms with Crippen molar-refractivity contribution in [2.24, 2.45) is 5.92 Å². The van der Waals surface area contributed by atoms with Gasteiger partial charge in [-0.3, -0.25) is 9.69 Å². The maximum Gasteiger partial charge on any atom is 0.228 e. The van der Waals surface area contributed by atoms with Crippen LogP contribution in [0.3, 0.4) is 0 Å². The fourth-order valence-corrected chi connectivity index (χ4v) is 4.46. The van der Waals surface area contributed by atoms with Gasteiger partial charge in [0.1, 0.15) is 11.6 Å². The Kier molecular flexibility index (Phi) is 7.79. The number of nitrogens with one attached hydrogen (secondary N) is 2. The molecule has 174 valence electrons. The highest BCUT2D eigenvalue weighted by Gasteiger charge is 2.26. The first-order chi connectivity index (χ1) is 16.2. The van der Waals surface area contributed by atoms with E-state index in [0.29, 0.717) is 0 Å². The Morgan fingerprint density at radius 1 is 1.21 bits per heavy atom. The van der Waals surface area contributed by atoms with Crippen molar-refractivity contribution in [1.82, 2.24) is 14.9 Å². The highest BCUT2D eigenvalue weighted by Crippen LogP contribution is 2.30. The van der Waals surface area contributed by atoms with Crippen molar-refractivity contribution in [3.05, 3.63) is 66.2 Å². The molecule has 0 saturated carbocycles. The number of likely N-dealkylation sites (tertiary alicyclic amines) is 1. The number of carbonyl (C=O) groups is 1. The molecule has 1 amide bonds. The number of piperidine rings is 1. The van der Waals surface area contributed by atoms with Crippen LogP contribution in [0.1, 0.15) is 44.1 Å². The van der Waals surface area contributed by atoms with Gasteiger partial charge in [0.25, 0.3) is 0 Å². The first-order valence-electron chi connectivity index (χ1n) is 12.0. The summed E-state index contributed by atoms with van der Waals surface area (Å²) < 4.78 is 5.27. The minimum absolute atomic E-state index is 0.0230. The van der Waals surface area contributed by atoms with Gasteiger partial charge in [0.2, 0.25) is 5.91 Å². The lowest BCUT2D eigenvalue weighted by atomic mass is 9.96. The van der Waals surface area contributed by atoms with Crippen molar-refractivity contribution < 1.29 is 9.53 Å². The predicted octanol–water partition coefficient (Wildman–Crippen LogP) is 5.28. The molecule has 1 saturated heterocycles. The van der Waals surface area contributed by atoms with E-state index in [-0.39, 0.29) is 11.8 Å². The fourth-order valence-electron chi connectivity index (χ4n) is 4.46. The van der Waals surface area contributed by atoms with Crippen molar-refractivity contribution in [3.8, 4) is 16.9 Å². The molecule has 0 bridgehead atoms. The van der Waals surface area contributed by atoms with E-state index in [1.165, 1.54) is 6.42 Å². The van der Waals surface area contributed by atoms with Gasteiger partial charge in [-0.1, -0.05) is 43.7 Å². The Labute approximate surface area is 196 Å². The number of rotatable bonds is 9. The fraction of sp³-hybridized carbons (Fsp3) is 0.407. The topological polar surface area (TPSA) is 70.2 Å². The lowest BCUT2D eigenvalue weighted by molar-refractivity contribution is -0.121. The van der Waals surface area contributed by atoms with E-state index in [2.05, 4.69) is 27.1 Å². The summed E-state index contributed by atoms with van der Waals surface area (Å²) in [7, 11) is 1.66. The van der Waals surface area contributed by atoms with Crippen LogP contribution in [0.2, 0.25) is 0 Å². The lowest BCUT2D eigenvalue weighted by Crippen LogP contribution is -2.40. The minimum atomic E-state index is -0.0230. The van der Waals surface area contributed by atoms with Gasteiger partial charge in [-0.2, -0.15) is 0 Å². The van der Waals surface area contributed by atoms with Crippen LogP contribution in [0.5, 0.6) is 5.75 Å². The zero-order valence-electron chi connectivity index (χ0n) is 19.6. The number of carbonyl (C=O) groups excluding carboxylic acids is 1. The first-order valence-corrected chi connectivity index (χ1v) is 12.0. The lowest BCUT2D eigenvalue weighted by Gasteiger charge is -2.31. The molecule has 0 spiro atoms. The number of anilines is 1. The van der Waals surface area contributed by atoms with Crippen LogP contribution in [0.4, 0.5) is 5.69 Å². The van der Waals surface area contributed by atoms with Crippen molar-refractivity contribution >= 4 is 11.6 Å². The van der Waals surface area contributed by atoms with Gasteiger partial charge < -0.3 is 15.0 Å². The summed E-state index contributed by atoms with van der Waals surface area (Å²) in [5, 5.41) is 3.20. The molecule has 0 radical (unpaired) electrons. The van der Waals surface area contributed by atoms with E-state index in [4.69, 9.17) is 4.74 Å². The van der Waals surface area contributed by atoms with E-state index in [0.717, 1.165) is 79.4 Å². The number of para-hydroxylation sites is 1.